The lowest BCUT2D eigenvalue weighted by Gasteiger charge is -1.93. The van der Waals surface area contributed by atoms with Crippen molar-refractivity contribution in [1.82, 2.24) is 0 Å². The fraction of sp³-hybridized carbons (Fsp3) is 0.400. The molecule has 0 spiro atoms. The van der Waals surface area contributed by atoms with E-state index in [2.05, 4.69) is 4.74 Å². The molecule has 0 saturated carbocycles. The normalized spacial score (nSPS) is 7.60. The highest BCUT2D eigenvalue weighted by Gasteiger charge is 2.14. The molecule has 4 nitrogen and oxygen atoms in total. The molecular formula is C5H5BN2O2. The third kappa shape index (κ3) is 2.73. The Kier molecular flexibility index (Phi) is 3.75. The molecule has 0 unspecified atom stereocenters. The van der Waals surface area contributed by atoms with Gasteiger partial charge in [-0.2, -0.15) is 10.5 Å². The maximum absolute atomic E-state index is 10.4. The third-order valence-corrected chi connectivity index (χ3v) is 0.910. The van der Waals surface area contributed by atoms with Gasteiger partial charge >= 0.3 is 0 Å². The van der Waals surface area contributed by atoms with Crippen LogP contribution in [0.4, 0.5) is 4.79 Å². The van der Waals surface area contributed by atoms with Gasteiger partial charge in [-0.1, -0.05) is 0 Å². The lowest BCUT2D eigenvalue weighted by Crippen LogP contribution is -2.13. The summed E-state index contributed by atoms with van der Waals surface area (Å²) in [6.45, 7) is 0. The molecule has 0 bridgehead atoms. The van der Waals surface area contributed by atoms with Crippen molar-refractivity contribution in [3.05, 3.63) is 0 Å². The van der Waals surface area contributed by atoms with Crippen molar-refractivity contribution in [2.75, 3.05) is 7.11 Å². The molecule has 0 amide bonds. The van der Waals surface area contributed by atoms with E-state index in [-0.39, 0.29) is 7.28 Å². The molecule has 0 radical (unpaired) electrons. The van der Waals surface area contributed by atoms with Gasteiger partial charge in [-0.25, -0.2) is 0 Å². The molecular weight excluding hydrogens is 131 g/mol. The summed E-state index contributed by atoms with van der Waals surface area (Å²) in [5.41, 5.74) is 0. The summed E-state index contributed by atoms with van der Waals surface area (Å²) >= 11 is 0. The molecule has 10 heavy (non-hydrogen) atoms. The zero-order valence-electron chi connectivity index (χ0n) is 5.50. The molecule has 5 heteroatoms. The van der Waals surface area contributed by atoms with Crippen molar-refractivity contribution in [3.8, 4) is 12.1 Å². The minimum atomic E-state index is -0.882. The zero-order chi connectivity index (χ0) is 7.98. The standard InChI is InChI=1S/C5H5BN2O2/c1-10-5(9)6-4(2-7)3-8/h4,6H,1H3. The molecule has 0 rings (SSSR count). The predicted octanol–water partition coefficient (Wildman–Crippen LogP) is 0.0250. The number of nitriles is 2. The number of carbonyl (C=O) groups is 1. The number of methoxy groups -OCH3 is 1. The number of hydrogen-bond donors (Lipinski definition) is 0. The average Bonchev–Trinajstić information content (AvgIpc) is 1.99. The van der Waals surface area contributed by atoms with Gasteiger partial charge in [0, 0.05) is 0 Å². The Balaban J connectivity index is 3.81. The predicted molar refractivity (Wildman–Crippen MR) is 34.5 cm³/mol. The lowest BCUT2D eigenvalue weighted by molar-refractivity contribution is 0.197. The Labute approximate surface area is 59.2 Å². The monoisotopic (exact) mass is 136 g/mol. The Morgan fingerprint density at radius 1 is 1.60 bits per heavy atom. The van der Waals surface area contributed by atoms with E-state index in [1.807, 2.05) is 0 Å². The fourth-order valence-electron chi connectivity index (χ4n) is 0.370. The number of hydrogen-bond acceptors (Lipinski definition) is 4. The minimum Gasteiger partial charge on any atom is -0.477 e. The molecule has 0 aliphatic carbocycles. The summed E-state index contributed by atoms with van der Waals surface area (Å²) in [7, 11) is 1.07. The first-order valence-electron chi connectivity index (χ1n) is 2.60. The molecule has 0 heterocycles. The van der Waals surface area contributed by atoms with Crippen molar-refractivity contribution in [2.24, 2.45) is 0 Å². The van der Waals surface area contributed by atoms with E-state index in [0.29, 0.717) is 0 Å². The van der Waals surface area contributed by atoms with Gasteiger partial charge in [0.2, 0.25) is 5.87 Å². The molecule has 0 aromatic rings. The van der Waals surface area contributed by atoms with Crippen molar-refractivity contribution in [1.29, 1.82) is 10.5 Å². The number of rotatable bonds is 2. The minimum absolute atomic E-state index is 0.149. The van der Waals surface area contributed by atoms with E-state index in [0.717, 1.165) is 0 Å². The van der Waals surface area contributed by atoms with Crippen LogP contribution < -0.4 is 0 Å². The number of carbonyl (C=O) groups excluding carboxylic acids is 1. The van der Waals surface area contributed by atoms with Gasteiger partial charge in [-0.05, 0) is 0 Å². The van der Waals surface area contributed by atoms with Gasteiger partial charge in [-0.3, -0.25) is 4.79 Å². The van der Waals surface area contributed by atoms with Crippen LogP contribution in [-0.4, -0.2) is 20.3 Å². The van der Waals surface area contributed by atoms with E-state index in [1.165, 1.54) is 7.11 Å². The first-order valence-corrected chi connectivity index (χ1v) is 2.60. The summed E-state index contributed by atoms with van der Waals surface area (Å²) in [6, 6.07) is 3.31. The molecule has 0 N–H and O–H groups in total. The fourth-order valence-corrected chi connectivity index (χ4v) is 0.370. The van der Waals surface area contributed by atoms with Gasteiger partial charge in [0.05, 0.1) is 19.2 Å². The van der Waals surface area contributed by atoms with E-state index < -0.39 is 11.7 Å². The van der Waals surface area contributed by atoms with Gasteiger partial charge in [0.25, 0.3) is 7.28 Å². The smallest absolute Gasteiger partial charge is 0.296 e. The summed E-state index contributed by atoms with van der Waals surface area (Å²) in [4.78, 5) is 10.4. The quantitative estimate of drug-likeness (QED) is 0.501. The molecule has 0 aromatic carbocycles. The highest BCUT2D eigenvalue weighted by atomic mass is 16.5. The second-order valence-electron chi connectivity index (χ2n) is 1.59. The van der Waals surface area contributed by atoms with E-state index in [1.54, 1.807) is 12.1 Å². The topological polar surface area (TPSA) is 73.9 Å². The average molecular weight is 136 g/mol. The van der Waals surface area contributed by atoms with Gasteiger partial charge in [0.15, 0.2) is 0 Å². The van der Waals surface area contributed by atoms with Crippen molar-refractivity contribution < 1.29 is 9.53 Å². The van der Waals surface area contributed by atoms with Crippen LogP contribution >= 0.6 is 0 Å². The maximum atomic E-state index is 10.4. The Bertz CT molecular complexity index is 189. The lowest BCUT2D eigenvalue weighted by atomic mass is 9.66. The second-order valence-corrected chi connectivity index (χ2v) is 1.59. The van der Waals surface area contributed by atoms with Gasteiger partial charge in [-0.15, -0.1) is 0 Å². The summed E-state index contributed by atoms with van der Waals surface area (Å²) in [6.07, 6.45) is 0. The zero-order valence-corrected chi connectivity index (χ0v) is 5.50. The molecule has 50 valence electrons. The molecule has 0 aliphatic heterocycles. The van der Waals surface area contributed by atoms with Crippen LogP contribution in [0.5, 0.6) is 0 Å². The van der Waals surface area contributed by atoms with Crippen LogP contribution in [0.3, 0.4) is 0 Å². The summed E-state index contributed by atoms with van der Waals surface area (Å²) < 4.78 is 4.24. The molecule has 0 saturated heterocycles. The maximum Gasteiger partial charge on any atom is 0.296 e. The Hall–Kier alpha value is -1.49. The van der Waals surface area contributed by atoms with Crippen LogP contribution in [0.25, 0.3) is 0 Å². The number of nitrogens with zero attached hydrogens (tertiary/aromatic N) is 2. The molecule has 0 atom stereocenters. The van der Waals surface area contributed by atoms with Crippen LogP contribution in [0.15, 0.2) is 0 Å². The molecule has 0 fully saturated rings. The van der Waals surface area contributed by atoms with Crippen molar-refractivity contribution >= 4 is 13.1 Å². The number of ether oxygens (including phenoxy) is 1. The van der Waals surface area contributed by atoms with Crippen LogP contribution in [0.1, 0.15) is 0 Å². The Morgan fingerprint density at radius 3 is 2.40 bits per heavy atom. The largest absolute Gasteiger partial charge is 0.477 e. The SMILES string of the molecule is COC(=O)BC(C#N)C#N. The first-order chi connectivity index (χ1) is 4.74. The van der Waals surface area contributed by atoms with Crippen LogP contribution in [0, 0.1) is 22.7 Å². The van der Waals surface area contributed by atoms with Crippen LogP contribution in [-0.2, 0) is 4.74 Å². The third-order valence-electron chi connectivity index (χ3n) is 0.910. The molecule has 0 aromatic heterocycles. The van der Waals surface area contributed by atoms with Crippen molar-refractivity contribution in [3.63, 3.8) is 0 Å². The Morgan fingerprint density at radius 2 is 2.10 bits per heavy atom. The van der Waals surface area contributed by atoms with Gasteiger partial charge in [0.1, 0.15) is 5.82 Å². The highest BCUT2D eigenvalue weighted by Crippen LogP contribution is 1.97. The highest BCUT2D eigenvalue weighted by molar-refractivity contribution is 6.74. The first kappa shape index (κ1) is 8.51. The molecule has 0 aliphatic rings. The van der Waals surface area contributed by atoms with E-state index >= 15 is 0 Å². The van der Waals surface area contributed by atoms with Crippen molar-refractivity contribution in [2.45, 2.75) is 5.82 Å². The summed E-state index contributed by atoms with van der Waals surface area (Å²) in [5, 5.41) is 16.4. The summed E-state index contributed by atoms with van der Waals surface area (Å²) in [5.74, 6) is -1.42. The van der Waals surface area contributed by atoms with Gasteiger partial charge < -0.3 is 4.74 Å². The van der Waals surface area contributed by atoms with Crippen LogP contribution in [0.2, 0.25) is 5.82 Å². The van der Waals surface area contributed by atoms with E-state index in [4.69, 9.17) is 10.5 Å². The van der Waals surface area contributed by atoms with E-state index in [9.17, 15) is 4.79 Å². The second kappa shape index (κ2) is 4.40.